The lowest BCUT2D eigenvalue weighted by atomic mass is 10.2. The van der Waals surface area contributed by atoms with Crippen molar-refractivity contribution in [1.29, 1.82) is 0 Å². The van der Waals surface area contributed by atoms with Gasteiger partial charge < -0.3 is 15.4 Å². The Morgan fingerprint density at radius 3 is 2.35 bits per heavy atom. The lowest BCUT2D eigenvalue weighted by Gasteiger charge is -2.14. The van der Waals surface area contributed by atoms with Crippen LogP contribution in [0, 0.1) is 5.82 Å². The molecule has 0 amide bonds. The fourth-order valence-electron chi connectivity index (χ4n) is 1.35. The van der Waals surface area contributed by atoms with Gasteiger partial charge in [0.25, 0.3) is 6.36 Å². The quantitative estimate of drug-likeness (QED) is 0.600. The Bertz CT molecular complexity index is 539. The molecule has 0 fully saturated rings. The highest BCUT2D eigenvalue weighted by Gasteiger charge is 2.27. The van der Waals surface area contributed by atoms with E-state index in [0.29, 0.717) is 0 Å². The SMILES string of the molecule is Fc1cc(CNC(=S)NCC(F)(F)F)ccc1OC(F)C(F)F. The van der Waals surface area contributed by atoms with Crippen LogP contribution in [0.2, 0.25) is 0 Å². The van der Waals surface area contributed by atoms with E-state index in [4.69, 9.17) is 0 Å². The Morgan fingerprint density at radius 2 is 1.83 bits per heavy atom. The van der Waals surface area contributed by atoms with Gasteiger partial charge in [0.2, 0.25) is 0 Å². The minimum Gasteiger partial charge on any atom is -0.451 e. The highest BCUT2D eigenvalue weighted by Crippen LogP contribution is 2.21. The molecule has 3 nitrogen and oxygen atoms in total. The van der Waals surface area contributed by atoms with Gasteiger partial charge in [-0.15, -0.1) is 0 Å². The van der Waals surface area contributed by atoms with E-state index in [0.717, 1.165) is 12.1 Å². The maximum absolute atomic E-state index is 13.5. The van der Waals surface area contributed by atoms with Crippen molar-refractivity contribution in [2.75, 3.05) is 6.54 Å². The average Bonchev–Trinajstić information content (AvgIpc) is 2.44. The van der Waals surface area contributed by atoms with Crippen molar-refractivity contribution in [1.82, 2.24) is 10.6 Å². The predicted molar refractivity (Wildman–Crippen MR) is 71.4 cm³/mol. The first kappa shape index (κ1) is 19.3. The molecule has 0 bridgehead atoms. The number of hydrogen-bond acceptors (Lipinski definition) is 2. The van der Waals surface area contributed by atoms with E-state index in [9.17, 15) is 30.7 Å². The largest absolute Gasteiger partial charge is 0.451 e. The van der Waals surface area contributed by atoms with Crippen molar-refractivity contribution >= 4 is 17.3 Å². The molecule has 0 aliphatic carbocycles. The summed E-state index contributed by atoms with van der Waals surface area (Å²) in [4.78, 5) is 0. The van der Waals surface area contributed by atoms with Gasteiger partial charge in [0.1, 0.15) is 6.54 Å². The molecule has 1 aromatic carbocycles. The Morgan fingerprint density at radius 1 is 1.17 bits per heavy atom. The Labute approximate surface area is 131 Å². The zero-order valence-corrected chi connectivity index (χ0v) is 12.1. The molecule has 130 valence electrons. The van der Waals surface area contributed by atoms with Crippen LogP contribution in [0.15, 0.2) is 18.2 Å². The molecule has 23 heavy (non-hydrogen) atoms. The second-order valence-electron chi connectivity index (χ2n) is 4.22. The van der Waals surface area contributed by atoms with Gasteiger partial charge in [0.15, 0.2) is 16.7 Å². The second-order valence-corrected chi connectivity index (χ2v) is 4.63. The lowest BCUT2D eigenvalue weighted by molar-refractivity contribution is -0.122. The van der Waals surface area contributed by atoms with E-state index in [1.807, 2.05) is 5.32 Å². The fourth-order valence-corrected chi connectivity index (χ4v) is 1.49. The number of alkyl halides is 6. The third kappa shape index (κ3) is 7.35. The van der Waals surface area contributed by atoms with Gasteiger partial charge in [-0.3, -0.25) is 0 Å². The van der Waals surface area contributed by atoms with Gasteiger partial charge >= 0.3 is 12.6 Å². The molecule has 1 atom stereocenters. The van der Waals surface area contributed by atoms with Gasteiger partial charge in [-0.25, -0.2) is 13.2 Å². The summed E-state index contributed by atoms with van der Waals surface area (Å²) in [5.74, 6) is -1.80. The van der Waals surface area contributed by atoms with Crippen molar-refractivity contribution in [3.8, 4) is 5.75 Å². The average molecular weight is 364 g/mol. The maximum atomic E-state index is 13.5. The predicted octanol–water partition coefficient (Wildman–Crippen LogP) is 3.29. The van der Waals surface area contributed by atoms with Gasteiger partial charge in [-0.05, 0) is 29.9 Å². The lowest BCUT2D eigenvalue weighted by Crippen LogP contribution is -2.40. The summed E-state index contributed by atoms with van der Waals surface area (Å²) in [5.41, 5.74) is 0.235. The molecule has 0 radical (unpaired) electrons. The second kappa shape index (κ2) is 8.18. The fraction of sp³-hybridized carbons (Fsp3) is 0.417. The van der Waals surface area contributed by atoms with Crippen LogP contribution in [-0.2, 0) is 6.54 Å². The summed E-state index contributed by atoms with van der Waals surface area (Å²) in [6.45, 7) is -1.46. The van der Waals surface area contributed by atoms with Crippen LogP contribution in [0.5, 0.6) is 5.75 Å². The third-order valence-corrected chi connectivity index (χ3v) is 2.63. The molecular weight excluding hydrogens is 353 g/mol. The van der Waals surface area contributed by atoms with E-state index in [-0.39, 0.29) is 17.2 Å². The first-order valence-corrected chi connectivity index (χ1v) is 6.45. The first-order chi connectivity index (χ1) is 10.6. The Balaban J connectivity index is 2.53. The summed E-state index contributed by atoms with van der Waals surface area (Å²) in [7, 11) is 0. The highest BCUT2D eigenvalue weighted by molar-refractivity contribution is 7.80. The van der Waals surface area contributed by atoms with E-state index in [1.54, 1.807) is 0 Å². The van der Waals surface area contributed by atoms with Crippen LogP contribution in [0.25, 0.3) is 0 Å². The molecule has 0 aromatic heterocycles. The van der Waals surface area contributed by atoms with Crippen molar-refractivity contribution in [3.05, 3.63) is 29.6 Å². The number of thiocarbonyl (C=S) groups is 1. The molecule has 1 aromatic rings. The number of rotatable bonds is 6. The Hall–Kier alpha value is -1.78. The van der Waals surface area contributed by atoms with Crippen molar-refractivity contribution in [3.63, 3.8) is 0 Å². The minimum atomic E-state index is -4.44. The maximum Gasteiger partial charge on any atom is 0.405 e. The molecule has 0 saturated heterocycles. The van der Waals surface area contributed by atoms with Crippen molar-refractivity contribution in [2.24, 2.45) is 0 Å². The summed E-state index contributed by atoms with van der Waals surface area (Å²) in [6.07, 6.45) is -10.8. The van der Waals surface area contributed by atoms with Crippen LogP contribution < -0.4 is 15.4 Å². The number of ether oxygens (including phenoxy) is 1. The topological polar surface area (TPSA) is 33.3 Å². The van der Waals surface area contributed by atoms with Gasteiger partial charge in [-0.2, -0.15) is 17.6 Å². The van der Waals surface area contributed by atoms with E-state index < -0.39 is 37.1 Å². The third-order valence-electron chi connectivity index (χ3n) is 2.34. The smallest absolute Gasteiger partial charge is 0.405 e. The monoisotopic (exact) mass is 364 g/mol. The van der Waals surface area contributed by atoms with E-state index in [1.165, 1.54) is 6.07 Å². The number of halogens is 7. The number of hydrogen-bond donors (Lipinski definition) is 2. The summed E-state index contributed by atoms with van der Waals surface area (Å²) < 4.78 is 90.0. The van der Waals surface area contributed by atoms with Crippen LogP contribution in [0.1, 0.15) is 5.56 Å². The molecule has 0 heterocycles. The van der Waals surface area contributed by atoms with E-state index >= 15 is 0 Å². The summed E-state index contributed by atoms with van der Waals surface area (Å²) in [6, 6.07) is 3.00. The molecule has 1 unspecified atom stereocenters. The first-order valence-electron chi connectivity index (χ1n) is 6.04. The van der Waals surface area contributed by atoms with Gasteiger partial charge in [0, 0.05) is 6.54 Å². The van der Waals surface area contributed by atoms with Crippen LogP contribution in [0.4, 0.5) is 30.7 Å². The zero-order chi connectivity index (χ0) is 17.6. The molecular formula is C12H11F7N2OS. The van der Waals surface area contributed by atoms with Crippen LogP contribution in [0.3, 0.4) is 0 Å². The summed E-state index contributed by atoms with van der Waals surface area (Å²) in [5, 5.41) is 4.00. The van der Waals surface area contributed by atoms with Crippen LogP contribution >= 0.6 is 12.2 Å². The normalized spacial score (nSPS) is 12.9. The molecule has 0 aliphatic rings. The molecule has 0 saturated carbocycles. The molecule has 0 spiro atoms. The molecule has 2 N–H and O–H groups in total. The Kier molecular flexibility index (Phi) is 6.85. The molecule has 1 rings (SSSR count). The standard InChI is InChI=1S/C12H11F7N2OS/c13-7-3-6(1-2-8(7)22-10(16)9(14)15)4-20-11(23)21-5-12(17,18)19/h1-3,9-10H,4-5H2,(H2,20,21,23). The van der Waals surface area contributed by atoms with Crippen LogP contribution in [-0.4, -0.2) is 30.6 Å². The minimum absolute atomic E-state index is 0.130. The number of benzene rings is 1. The molecule has 0 aliphatic heterocycles. The van der Waals surface area contributed by atoms with E-state index in [2.05, 4.69) is 22.3 Å². The van der Waals surface area contributed by atoms with Crippen molar-refractivity contribution < 1.29 is 35.5 Å². The summed E-state index contributed by atoms with van der Waals surface area (Å²) >= 11 is 4.59. The number of nitrogens with one attached hydrogen (secondary N) is 2. The highest BCUT2D eigenvalue weighted by atomic mass is 32.1. The molecule has 11 heteroatoms. The van der Waals surface area contributed by atoms with Crippen molar-refractivity contribution in [2.45, 2.75) is 25.5 Å². The van der Waals surface area contributed by atoms with Gasteiger partial charge in [-0.1, -0.05) is 6.07 Å². The van der Waals surface area contributed by atoms with Gasteiger partial charge in [0.05, 0.1) is 0 Å². The zero-order valence-electron chi connectivity index (χ0n) is 11.3.